The number of carbonyl (C=O) groups is 5. The summed E-state index contributed by atoms with van der Waals surface area (Å²) in [5.74, 6) is -1.66. The molecule has 2 N–H and O–H groups in total. The molecule has 11 nitrogen and oxygen atoms in total. The lowest BCUT2D eigenvalue weighted by Crippen LogP contribution is -2.58. The van der Waals surface area contributed by atoms with Gasteiger partial charge < -0.3 is 29.7 Å². The summed E-state index contributed by atoms with van der Waals surface area (Å²) < 4.78 is 9.76. The molecule has 0 aromatic heterocycles. The molecule has 0 bridgehead atoms. The maximum atomic E-state index is 12.9. The van der Waals surface area contributed by atoms with Crippen molar-refractivity contribution in [3.8, 4) is 0 Å². The molecule has 0 unspecified atom stereocenters. The van der Waals surface area contributed by atoms with Crippen molar-refractivity contribution in [3.63, 3.8) is 0 Å². The minimum Gasteiger partial charge on any atom is -0.483 e. The van der Waals surface area contributed by atoms with E-state index in [1.807, 2.05) is 30.3 Å². The van der Waals surface area contributed by atoms with Crippen molar-refractivity contribution in [2.45, 2.75) is 25.4 Å². The average molecular weight is 449 g/mol. The summed E-state index contributed by atoms with van der Waals surface area (Å²) in [6, 6.07) is 8.12. The predicted molar refractivity (Wildman–Crippen MR) is 110 cm³/mol. The molecule has 0 radical (unpaired) electrons. The van der Waals surface area contributed by atoms with Crippen LogP contribution in [0.5, 0.6) is 0 Å². The normalized spacial score (nSPS) is 21.6. The number of nitrogens with one attached hydrogen (secondary N) is 1. The van der Waals surface area contributed by atoms with Gasteiger partial charge in [0.1, 0.15) is 13.1 Å². The zero-order valence-electron chi connectivity index (χ0n) is 17.9. The number of benzene rings is 1. The van der Waals surface area contributed by atoms with E-state index < -0.39 is 24.0 Å². The molecule has 11 heteroatoms. The highest BCUT2D eigenvalue weighted by Gasteiger charge is 2.51. The van der Waals surface area contributed by atoms with Crippen molar-refractivity contribution in [2.24, 2.45) is 5.92 Å². The quantitative estimate of drug-likeness (QED) is 0.486. The first-order chi connectivity index (χ1) is 15.4. The van der Waals surface area contributed by atoms with Crippen molar-refractivity contribution in [3.05, 3.63) is 35.9 Å². The van der Waals surface area contributed by atoms with Crippen LogP contribution in [0.25, 0.3) is 0 Å². The van der Waals surface area contributed by atoms with Crippen molar-refractivity contribution in [1.29, 1.82) is 0 Å². The largest absolute Gasteiger partial charge is 0.483 e. The van der Waals surface area contributed by atoms with E-state index >= 15 is 0 Å². The summed E-state index contributed by atoms with van der Waals surface area (Å²) in [5, 5.41) is 9.36. The van der Waals surface area contributed by atoms with Gasteiger partial charge in [0, 0.05) is 6.54 Å². The van der Waals surface area contributed by atoms with Crippen LogP contribution in [-0.4, -0.2) is 84.6 Å². The Kier molecular flexibility index (Phi) is 8.99. The van der Waals surface area contributed by atoms with E-state index in [1.165, 1.54) is 12.0 Å². The number of hydrogen-bond donors (Lipinski definition) is 2. The summed E-state index contributed by atoms with van der Waals surface area (Å²) in [6.45, 7) is 1.55. The highest BCUT2D eigenvalue weighted by Crippen LogP contribution is 2.43. The molecule has 0 saturated carbocycles. The van der Waals surface area contributed by atoms with Crippen LogP contribution in [0.1, 0.15) is 24.9 Å². The summed E-state index contributed by atoms with van der Waals surface area (Å²) in [6.07, 6.45) is 0.402. The maximum Gasteiger partial charge on any atom is 0.325 e. The van der Waals surface area contributed by atoms with E-state index in [4.69, 9.17) is 19.4 Å². The van der Waals surface area contributed by atoms with Gasteiger partial charge in [-0.15, -0.1) is 0 Å². The van der Waals surface area contributed by atoms with Gasteiger partial charge in [-0.05, 0) is 18.9 Å². The number of hydrogen-bond acceptors (Lipinski definition) is 7. The number of carbonyl (C=O) groups excluding carboxylic acids is 4. The van der Waals surface area contributed by atoms with Gasteiger partial charge in [-0.25, -0.2) is 4.79 Å². The first-order valence-electron chi connectivity index (χ1n) is 10.1. The number of methoxy groups -OCH3 is 1. The first kappa shape index (κ1) is 24.6. The van der Waals surface area contributed by atoms with E-state index in [9.17, 15) is 19.2 Å². The summed E-state index contributed by atoms with van der Waals surface area (Å²) in [7, 11) is 1.33. The predicted octanol–water partition coefficient (Wildman–Crippen LogP) is 0.407. The zero-order chi connectivity index (χ0) is 23.7. The van der Waals surface area contributed by atoms with Crippen LogP contribution in [0.3, 0.4) is 0 Å². The Balaban J connectivity index is 0.00000114. The second-order valence-corrected chi connectivity index (χ2v) is 7.13. The Bertz CT molecular complexity index is 832. The Morgan fingerprint density at radius 3 is 2.50 bits per heavy atom. The summed E-state index contributed by atoms with van der Waals surface area (Å²) in [5.41, 5.74) is 0.860. The number of ether oxygens (including phenoxy) is 2. The Morgan fingerprint density at radius 1 is 1.25 bits per heavy atom. The van der Waals surface area contributed by atoms with E-state index in [0.717, 1.165) is 5.56 Å². The van der Waals surface area contributed by atoms with Crippen LogP contribution < -0.4 is 5.32 Å². The molecule has 3 atom stereocenters. The lowest BCUT2D eigenvalue weighted by atomic mass is 9.93. The van der Waals surface area contributed by atoms with Crippen molar-refractivity contribution in [1.82, 2.24) is 15.1 Å². The van der Waals surface area contributed by atoms with E-state index in [2.05, 4.69) is 5.32 Å². The van der Waals surface area contributed by atoms with Gasteiger partial charge in [0.25, 0.3) is 6.47 Å². The van der Waals surface area contributed by atoms with Gasteiger partial charge >= 0.3 is 18.0 Å². The number of piperazine rings is 1. The third-order valence-corrected chi connectivity index (χ3v) is 5.27. The van der Waals surface area contributed by atoms with Gasteiger partial charge in [0.05, 0.1) is 31.7 Å². The van der Waals surface area contributed by atoms with Crippen molar-refractivity contribution in [2.75, 3.05) is 33.4 Å². The highest BCUT2D eigenvalue weighted by molar-refractivity contribution is 5.88. The lowest BCUT2D eigenvalue weighted by molar-refractivity contribution is -0.147. The van der Waals surface area contributed by atoms with Gasteiger partial charge in [-0.1, -0.05) is 30.3 Å². The standard InChI is InChI=1S/C20H25N3O6.CH2O2/c1-3-29-17(25)10-21-20(27)22-11-14-9-15(19(26)28-2)18(23(14)16(24)12-22)13-7-5-4-6-8-13;2-1-3/h4-8,14-15,18H,3,9-12H2,1-2H3,(H,21,27);1H,(H,2,3)/t14-,15-,18-;/m0./s1. The molecule has 2 saturated heterocycles. The van der Waals surface area contributed by atoms with E-state index in [0.29, 0.717) is 6.42 Å². The van der Waals surface area contributed by atoms with Gasteiger partial charge in [0.15, 0.2) is 0 Å². The van der Waals surface area contributed by atoms with E-state index in [1.54, 1.807) is 11.8 Å². The lowest BCUT2D eigenvalue weighted by Gasteiger charge is -2.39. The van der Waals surface area contributed by atoms with E-state index in [-0.39, 0.29) is 50.6 Å². The SMILES string of the molecule is CCOC(=O)CNC(=O)N1CC(=O)N2[C@@H](C[C@H](C(=O)OC)[C@@H]2c2ccccc2)C1.O=CO. The number of fused-ring (bicyclic) bond motifs is 1. The fraction of sp³-hybridized carbons (Fsp3) is 0.476. The molecule has 1 aromatic carbocycles. The molecule has 174 valence electrons. The van der Waals surface area contributed by atoms with Crippen molar-refractivity contribution >= 4 is 30.3 Å². The second-order valence-electron chi connectivity index (χ2n) is 7.13. The van der Waals surface area contributed by atoms with Crippen LogP contribution in [0.15, 0.2) is 30.3 Å². The molecule has 2 fully saturated rings. The molecule has 3 rings (SSSR count). The molecular formula is C21H27N3O8. The number of carboxylic acid groups (broad SMARTS) is 1. The van der Waals surface area contributed by atoms with Gasteiger partial charge in [0.2, 0.25) is 5.91 Å². The molecule has 1 aromatic rings. The first-order valence-corrected chi connectivity index (χ1v) is 10.1. The number of urea groups is 1. The topological polar surface area (TPSA) is 143 Å². The van der Waals surface area contributed by atoms with Crippen LogP contribution in [0, 0.1) is 5.92 Å². The zero-order valence-corrected chi connectivity index (χ0v) is 17.9. The third kappa shape index (κ3) is 5.74. The summed E-state index contributed by atoms with van der Waals surface area (Å²) in [4.78, 5) is 60.6. The molecule has 2 aliphatic heterocycles. The monoisotopic (exact) mass is 449 g/mol. The average Bonchev–Trinajstić information content (AvgIpc) is 3.18. The molecule has 32 heavy (non-hydrogen) atoms. The molecule has 2 aliphatic rings. The smallest absolute Gasteiger partial charge is 0.325 e. The van der Waals surface area contributed by atoms with Crippen LogP contribution >= 0.6 is 0 Å². The number of nitrogens with zero attached hydrogens (tertiary/aromatic N) is 2. The maximum absolute atomic E-state index is 12.9. The molecule has 3 amide bonds. The molecule has 2 heterocycles. The number of esters is 2. The second kappa shape index (κ2) is 11.7. The molecule has 0 spiro atoms. The third-order valence-electron chi connectivity index (χ3n) is 5.27. The minimum atomic E-state index is -0.540. The fourth-order valence-electron chi connectivity index (χ4n) is 4.09. The van der Waals surface area contributed by atoms with Gasteiger partial charge in [-0.2, -0.15) is 0 Å². The highest BCUT2D eigenvalue weighted by atomic mass is 16.5. The Labute approximate surface area is 185 Å². The van der Waals surface area contributed by atoms with Crippen LogP contribution in [0.4, 0.5) is 4.79 Å². The minimum absolute atomic E-state index is 0.123. The fourth-order valence-corrected chi connectivity index (χ4v) is 4.09. The number of rotatable bonds is 5. The number of amides is 3. The Hall–Kier alpha value is -3.63. The van der Waals surface area contributed by atoms with Gasteiger partial charge in [-0.3, -0.25) is 19.2 Å². The molecule has 0 aliphatic carbocycles. The molecular weight excluding hydrogens is 422 g/mol. The Morgan fingerprint density at radius 2 is 1.91 bits per heavy atom. The van der Waals surface area contributed by atoms with Crippen LogP contribution in [0.2, 0.25) is 0 Å². The van der Waals surface area contributed by atoms with Crippen molar-refractivity contribution < 1.29 is 38.6 Å². The summed E-state index contributed by atoms with van der Waals surface area (Å²) >= 11 is 0. The van der Waals surface area contributed by atoms with Crippen LogP contribution in [-0.2, 0) is 28.7 Å².